The highest BCUT2D eigenvalue weighted by Crippen LogP contribution is 2.36. The zero-order valence-electron chi connectivity index (χ0n) is 16.9. The molecular formula is C22H27Cl2FN2O. The van der Waals surface area contributed by atoms with Crippen LogP contribution in [0.15, 0.2) is 30.3 Å². The second-order valence-corrected chi connectivity index (χ2v) is 9.30. The molecule has 0 atom stereocenters. The largest absolute Gasteiger partial charge is 0.355 e. The summed E-state index contributed by atoms with van der Waals surface area (Å²) in [6.45, 7) is 10.7. The molecular weight excluding hydrogens is 398 g/mol. The summed E-state index contributed by atoms with van der Waals surface area (Å²) >= 11 is 12.5. The van der Waals surface area contributed by atoms with E-state index in [1.165, 1.54) is 6.07 Å². The number of benzene rings is 2. The Bertz CT molecular complexity index is 860. The minimum atomic E-state index is -0.414. The zero-order valence-corrected chi connectivity index (χ0v) is 18.4. The fourth-order valence-corrected chi connectivity index (χ4v) is 3.27. The normalized spacial score (nSPS) is 11.6. The molecule has 1 amide bonds. The molecule has 0 fully saturated rings. The quantitative estimate of drug-likeness (QED) is 0.541. The maximum Gasteiger partial charge on any atom is 0.224 e. The van der Waals surface area contributed by atoms with Crippen LogP contribution in [0, 0.1) is 11.2 Å². The van der Waals surface area contributed by atoms with E-state index in [0.717, 1.165) is 11.3 Å². The Labute approximate surface area is 176 Å². The fraction of sp³-hybridized carbons (Fsp3) is 0.409. The van der Waals surface area contributed by atoms with Gasteiger partial charge in [-0.25, -0.2) is 4.39 Å². The molecule has 0 bridgehead atoms. The van der Waals surface area contributed by atoms with Gasteiger partial charge in [-0.15, -0.1) is 0 Å². The maximum absolute atomic E-state index is 14.2. The van der Waals surface area contributed by atoms with Gasteiger partial charge in [0.15, 0.2) is 0 Å². The monoisotopic (exact) mass is 424 g/mol. The highest BCUT2D eigenvalue weighted by molar-refractivity contribution is 6.36. The molecule has 0 saturated carbocycles. The van der Waals surface area contributed by atoms with E-state index in [9.17, 15) is 9.18 Å². The molecule has 0 aliphatic carbocycles. The summed E-state index contributed by atoms with van der Waals surface area (Å²) in [5.41, 5.74) is 2.65. The molecule has 0 aromatic heterocycles. The fourth-order valence-electron chi connectivity index (χ4n) is 2.71. The Morgan fingerprint density at radius 2 is 1.82 bits per heavy atom. The van der Waals surface area contributed by atoms with Crippen molar-refractivity contribution in [1.29, 1.82) is 0 Å². The van der Waals surface area contributed by atoms with Gasteiger partial charge in [0, 0.05) is 17.3 Å². The molecule has 152 valence electrons. The summed E-state index contributed by atoms with van der Waals surface area (Å²) in [6.07, 6.45) is -0.0250. The van der Waals surface area contributed by atoms with Crippen molar-refractivity contribution in [2.75, 3.05) is 11.9 Å². The molecule has 6 heteroatoms. The van der Waals surface area contributed by atoms with Crippen LogP contribution < -0.4 is 10.6 Å². The second-order valence-electron chi connectivity index (χ2n) is 8.45. The van der Waals surface area contributed by atoms with Crippen LogP contribution in [-0.2, 0) is 11.2 Å². The Morgan fingerprint density at radius 1 is 1.14 bits per heavy atom. The minimum absolute atomic E-state index is 0.0250. The second kappa shape index (κ2) is 9.15. The number of amides is 1. The number of carbonyl (C=O) groups excluding carboxylic acids is 1. The van der Waals surface area contributed by atoms with Gasteiger partial charge in [-0.05, 0) is 52.8 Å². The summed E-state index contributed by atoms with van der Waals surface area (Å²) in [7, 11) is 0. The van der Waals surface area contributed by atoms with Gasteiger partial charge in [0.1, 0.15) is 5.82 Å². The number of anilines is 2. The van der Waals surface area contributed by atoms with Crippen LogP contribution in [0.5, 0.6) is 0 Å². The lowest BCUT2D eigenvalue weighted by molar-refractivity contribution is -0.120. The van der Waals surface area contributed by atoms with Crippen molar-refractivity contribution < 1.29 is 9.18 Å². The van der Waals surface area contributed by atoms with Crippen LogP contribution in [0.4, 0.5) is 15.8 Å². The average Bonchev–Trinajstić information content (AvgIpc) is 2.57. The Hall–Kier alpha value is -1.78. The number of carbonyl (C=O) groups is 1. The van der Waals surface area contributed by atoms with Crippen molar-refractivity contribution in [3.63, 3.8) is 0 Å². The topological polar surface area (TPSA) is 41.1 Å². The molecule has 2 N–H and O–H groups in total. The first-order chi connectivity index (χ1) is 13.0. The van der Waals surface area contributed by atoms with E-state index in [0.29, 0.717) is 27.8 Å². The van der Waals surface area contributed by atoms with Gasteiger partial charge < -0.3 is 10.6 Å². The van der Waals surface area contributed by atoms with Crippen molar-refractivity contribution >= 4 is 40.5 Å². The summed E-state index contributed by atoms with van der Waals surface area (Å²) < 4.78 is 14.2. The third-order valence-corrected chi connectivity index (χ3v) is 4.71. The van der Waals surface area contributed by atoms with Gasteiger partial charge in [0.05, 0.1) is 17.1 Å². The summed E-state index contributed by atoms with van der Waals surface area (Å²) in [4.78, 5) is 12.2. The predicted molar refractivity (Wildman–Crippen MR) is 116 cm³/mol. The Kier molecular flexibility index (Phi) is 7.35. The van der Waals surface area contributed by atoms with Crippen molar-refractivity contribution in [2.24, 2.45) is 5.41 Å². The van der Waals surface area contributed by atoms with E-state index >= 15 is 0 Å². The minimum Gasteiger partial charge on any atom is -0.355 e. The lowest BCUT2D eigenvalue weighted by Gasteiger charge is -2.19. The van der Waals surface area contributed by atoms with Gasteiger partial charge in [-0.1, -0.05) is 57.8 Å². The first-order valence-electron chi connectivity index (χ1n) is 9.27. The molecule has 0 heterocycles. The van der Waals surface area contributed by atoms with Crippen molar-refractivity contribution in [1.82, 2.24) is 5.32 Å². The SMILES string of the molecule is CC(C)c1cc(Cl)cc(Cl)c1Nc1ccc(F)c(CC(=O)NCC(C)(C)C)c1. The van der Waals surface area contributed by atoms with Crippen molar-refractivity contribution in [3.8, 4) is 0 Å². The molecule has 0 radical (unpaired) electrons. The number of rotatable bonds is 6. The van der Waals surface area contributed by atoms with Gasteiger partial charge >= 0.3 is 0 Å². The smallest absolute Gasteiger partial charge is 0.224 e. The Balaban J connectivity index is 2.23. The lowest BCUT2D eigenvalue weighted by atomic mass is 9.97. The van der Waals surface area contributed by atoms with Crippen LogP contribution in [0.1, 0.15) is 51.7 Å². The predicted octanol–water partition coefficient (Wildman–Crippen LogP) is 6.70. The molecule has 0 aliphatic heterocycles. The molecule has 0 aliphatic rings. The number of hydrogen-bond donors (Lipinski definition) is 2. The zero-order chi connectivity index (χ0) is 21.1. The third-order valence-electron chi connectivity index (χ3n) is 4.19. The highest BCUT2D eigenvalue weighted by atomic mass is 35.5. The molecule has 28 heavy (non-hydrogen) atoms. The standard InChI is InChI=1S/C22H27Cl2FN2O/c1-13(2)17-10-15(23)11-18(24)21(17)27-16-6-7-19(25)14(8-16)9-20(28)26-12-22(3,4)5/h6-8,10-11,13,27H,9,12H2,1-5H3,(H,26,28). The van der Waals surface area contributed by atoms with Crippen LogP contribution in [0.25, 0.3) is 0 Å². The molecule has 2 rings (SSSR count). The van der Waals surface area contributed by atoms with E-state index < -0.39 is 5.82 Å². The van der Waals surface area contributed by atoms with Crippen LogP contribution in [-0.4, -0.2) is 12.5 Å². The van der Waals surface area contributed by atoms with Crippen molar-refractivity contribution in [3.05, 3.63) is 57.3 Å². The van der Waals surface area contributed by atoms with E-state index in [-0.39, 0.29) is 23.7 Å². The molecule has 0 unspecified atom stereocenters. The van der Waals surface area contributed by atoms with Gasteiger partial charge in [0.2, 0.25) is 5.91 Å². The summed E-state index contributed by atoms with van der Waals surface area (Å²) in [5.74, 6) is -0.428. The average molecular weight is 425 g/mol. The summed E-state index contributed by atoms with van der Waals surface area (Å²) in [5, 5.41) is 7.16. The highest BCUT2D eigenvalue weighted by Gasteiger charge is 2.16. The molecule has 0 spiro atoms. The van der Waals surface area contributed by atoms with E-state index in [2.05, 4.69) is 10.6 Å². The first kappa shape index (κ1) is 22.5. The number of hydrogen-bond acceptors (Lipinski definition) is 2. The van der Waals surface area contributed by atoms with E-state index in [4.69, 9.17) is 23.2 Å². The number of nitrogens with one attached hydrogen (secondary N) is 2. The third kappa shape index (κ3) is 6.39. The van der Waals surface area contributed by atoms with Crippen LogP contribution in [0.3, 0.4) is 0 Å². The van der Waals surface area contributed by atoms with Crippen LogP contribution in [0.2, 0.25) is 10.0 Å². The molecule has 3 nitrogen and oxygen atoms in total. The van der Waals surface area contributed by atoms with Crippen molar-refractivity contribution in [2.45, 2.75) is 47.0 Å². The summed E-state index contributed by atoms with van der Waals surface area (Å²) in [6, 6.07) is 8.15. The number of halogens is 3. The first-order valence-corrected chi connectivity index (χ1v) is 10.0. The maximum atomic E-state index is 14.2. The van der Waals surface area contributed by atoms with Gasteiger partial charge in [-0.3, -0.25) is 4.79 Å². The van der Waals surface area contributed by atoms with Gasteiger partial charge in [0.25, 0.3) is 0 Å². The van der Waals surface area contributed by atoms with E-state index in [1.807, 2.05) is 40.7 Å². The lowest BCUT2D eigenvalue weighted by Crippen LogP contribution is -2.33. The van der Waals surface area contributed by atoms with E-state index in [1.54, 1.807) is 18.2 Å². The van der Waals surface area contributed by atoms with Gasteiger partial charge in [-0.2, -0.15) is 0 Å². The molecule has 2 aromatic carbocycles. The molecule has 0 saturated heterocycles. The van der Waals surface area contributed by atoms with Crippen LogP contribution >= 0.6 is 23.2 Å². The molecule has 2 aromatic rings. The Morgan fingerprint density at radius 3 is 2.43 bits per heavy atom.